The molecule has 0 bridgehead atoms. The Morgan fingerprint density at radius 1 is 1.30 bits per heavy atom. The highest BCUT2D eigenvalue weighted by atomic mass is 35.5. The van der Waals surface area contributed by atoms with Crippen molar-refractivity contribution in [1.82, 2.24) is 0 Å². The van der Waals surface area contributed by atoms with Crippen LogP contribution < -0.4 is 4.90 Å². The summed E-state index contributed by atoms with van der Waals surface area (Å²) in [5.74, 6) is -1.95. The van der Waals surface area contributed by atoms with Crippen LogP contribution in [0.3, 0.4) is 0 Å². The molecule has 1 saturated heterocycles. The largest absolute Gasteiger partial charge is 0.506 e. The van der Waals surface area contributed by atoms with Crippen molar-refractivity contribution in [2.45, 2.75) is 64.8 Å². The van der Waals surface area contributed by atoms with Gasteiger partial charge in [0.05, 0.1) is 17.3 Å². The molecule has 0 radical (unpaired) electrons. The van der Waals surface area contributed by atoms with Gasteiger partial charge in [-0.05, 0) is 64.5 Å². The molecule has 7 nitrogen and oxygen atoms in total. The molecular weight excluding hydrogens is 410 g/mol. The maximum Gasteiger partial charge on any atom is 0.319 e. The highest BCUT2D eigenvalue weighted by molar-refractivity contribution is 6.32. The van der Waals surface area contributed by atoms with Gasteiger partial charge in [0.2, 0.25) is 5.91 Å². The first kappa shape index (κ1) is 22.8. The lowest BCUT2D eigenvalue weighted by atomic mass is 10.00. The Labute approximate surface area is 182 Å². The van der Waals surface area contributed by atoms with E-state index in [1.54, 1.807) is 26.8 Å². The van der Waals surface area contributed by atoms with Gasteiger partial charge in [0, 0.05) is 19.2 Å². The topological polar surface area (TPSA) is 85.3 Å². The second-order valence-electron chi connectivity index (χ2n) is 8.71. The molecule has 1 N–H and O–H groups in total. The van der Waals surface area contributed by atoms with Gasteiger partial charge in [0.1, 0.15) is 17.3 Å². The Hall–Kier alpha value is -1.83. The molecule has 166 valence electrons. The number of halogens is 1. The third-order valence-electron chi connectivity index (χ3n) is 5.15. The van der Waals surface area contributed by atoms with Crippen molar-refractivity contribution in [3.63, 3.8) is 0 Å². The molecular formula is C22H30ClNO6. The molecule has 0 aromatic heterocycles. The van der Waals surface area contributed by atoms with Gasteiger partial charge in [-0.1, -0.05) is 11.6 Å². The number of anilines is 1. The van der Waals surface area contributed by atoms with E-state index < -0.39 is 17.5 Å². The zero-order chi connectivity index (χ0) is 21.9. The van der Waals surface area contributed by atoms with E-state index in [-0.39, 0.29) is 36.1 Å². The minimum absolute atomic E-state index is 0.111. The number of phenols is 1. The zero-order valence-corrected chi connectivity index (χ0v) is 18.5. The average molecular weight is 440 g/mol. The number of aryl methyl sites for hydroxylation is 1. The van der Waals surface area contributed by atoms with Gasteiger partial charge in [-0.15, -0.1) is 0 Å². The van der Waals surface area contributed by atoms with Crippen LogP contribution in [0, 0.1) is 5.92 Å². The van der Waals surface area contributed by atoms with E-state index in [9.17, 15) is 14.7 Å². The van der Waals surface area contributed by atoms with Crippen LogP contribution in [0.4, 0.5) is 5.69 Å². The van der Waals surface area contributed by atoms with Crippen molar-refractivity contribution in [3.05, 3.63) is 22.7 Å². The predicted octanol–water partition coefficient (Wildman–Crippen LogP) is 3.83. The number of rotatable bonds is 5. The third-order valence-corrected chi connectivity index (χ3v) is 5.46. The first-order valence-electron chi connectivity index (χ1n) is 10.4. The average Bonchev–Trinajstić information content (AvgIpc) is 2.79. The standard InChI is InChI=1S/C22H30ClNO6/c1-22(2,3)30-21(27)15-8-7-14-12-16(23)18(25)13-17(14)24(20(15)26)9-11-29-19-6-4-5-10-28-19/h12-13,15,19,25H,4-11H2,1-3H3. The highest BCUT2D eigenvalue weighted by Gasteiger charge is 2.38. The molecule has 2 aliphatic rings. The zero-order valence-electron chi connectivity index (χ0n) is 17.8. The van der Waals surface area contributed by atoms with Gasteiger partial charge in [0.15, 0.2) is 6.29 Å². The van der Waals surface area contributed by atoms with E-state index in [0.29, 0.717) is 25.1 Å². The maximum absolute atomic E-state index is 13.3. The number of hydrogen-bond donors (Lipinski definition) is 1. The first-order chi connectivity index (χ1) is 14.2. The van der Waals surface area contributed by atoms with Crippen molar-refractivity contribution in [2.75, 3.05) is 24.7 Å². The molecule has 2 aliphatic heterocycles. The molecule has 30 heavy (non-hydrogen) atoms. The van der Waals surface area contributed by atoms with Gasteiger partial charge in [0.25, 0.3) is 0 Å². The van der Waals surface area contributed by atoms with E-state index >= 15 is 0 Å². The number of carbonyl (C=O) groups is 2. The van der Waals surface area contributed by atoms with Gasteiger partial charge >= 0.3 is 5.97 Å². The molecule has 0 spiro atoms. The summed E-state index contributed by atoms with van der Waals surface area (Å²) >= 11 is 6.09. The van der Waals surface area contributed by atoms with Crippen LogP contribution in [0.1, 0.15) is 52.0 Å². The van der Waals surface area contributed by atoms with Crippen molar-refractivity contribution in [3.8, 4) is 5.75 Å². The quantitative estimate of drug-likeness (QED) is 0.554. The number of aromatic hydroxyl groups is 1. The summed E-state index contributed by atoms with van der Waals surface area (Å²) in [6.45, 7) is 6.47. The lowest BCUT2D eigenvalue weighted by molar-refractivity contribution is -0.164. The number of nitrogens with zero attached hydrogens (tertiary/aromatic N) is 1. The molecule has 1 amide bonds. The molecule has 2 atom stereocenters. The number of phenolic OH excluding ortho intramolecular Hbond substituents is 1. The van der Waals surface area contributed by atoms with Crippen LogP contribution in [0.2, 0.25) is 5.02 Å². The van der Waals surface area contributed by atoms with Gasteiger partial charge in [-0.25, -0.2) is 0 Å². The number of amides is 1. The van der Waals surface area contributed by atoms with Crippen LogP contribution in [-0.2, 0) is 30.2 Å². The highest BCUT2D eigenvalue weighted by Crippen LogP contribution is 2.37. The Bertz CT molecular complexity index is 785. The SMILES string of the molecule is CC(C)(C)OC(=O)C1CCc2cc(Cl)c(O)cc2N(CCOC2CCCCO2)C1=O. The maximum atomic E-state index is 13.3. The summed E-state index contributed by atoms with van der Waals surface area (Å²) in [5.41, 5.74) is 0.650. The van der Waals surface area contributed by atoms with Crippen LogP contribution in [-0.4, -0.2) is 48.6 Å². The Morgan fingerprint density at radius 3 is 2.73 bits per heavy atom. The predicted molar refractivity (Wildman–Crippen MR) is 113 cm³/mol. The van der Waals surface area contributed by atoms with Gasteiger partial charge in [-0.2, -0.15) is 0 Å². The van der Waals surface area contributed by atoms with Gasteiger partial charge in [-0.3, -0.25) is 9.59 Å². The lowest BCUT2D eigenvalue weighted by Gasteiger charge is -2.28. The Balaban J connectivity index is 1.81. The molecule has 2 heterocycles. The van der Waals surface area contributed by atoms with E-state index in [2.05, 4.69) is 0 Å². The number of ether oxygens (including phenoxy) is 3. The second-order valence-corrected chi connectivity index (χ2v) is 9.12. The smallest absolute Gasteiger partial charge is 0.319 e. The molecule has 0 saturated carbocycles. The minimum atomic E-state index is -0.927. The lowest BCUT2D eigenvalue weighted by Crippen LogP contribution is -2.43. The second kappa shape index (κ2) is 9.54. The van der Waals surface area contributed by atoms with Crippen LogP contribution in [0.15, 0.2) is 12.1 Å². The van der Waals surface area contributed by atoms with Crippen molar-refractivity contribution in [2.24, 2.45) is 5.92 Å². The molecule has 1 fully saturated rings. The van der Waals surface area contributed by atoms with Crippen molar-refractivity contribution >= 4 is 29.2 Å². The fraction of sp³-hybridized carbons (Fsp3) is 0.636. The summed E-state index contributed by atoms with van der Waals surface area (Å²) in [6, 6.07) is 3.12. The minimum Gasteiger partial charge on any atom is -0.506 e. The number of benzene rings is 1. The summed E-state index contributed by atoms with van der Waals surface area (Å²) in [4.78, 5) is 27.6. The number of hydrogen-bond acceptors (Lipinski definition) is 6. The van der Waals surface area contributed by atoms with E-state index in [1.807, 2.05) is 0 Å². The Kier molecular flexibility index (Phi) is 7.26. The normalized spacial score (nSPS) is 22.4. The van der Waals surface area contributed by atoms with Crippen LogP contribution in [0.25, 0.3) is 0 Å². The van der Waals surface area contributed by atoms with E-state index in [4.69, 9.17) is 25.8 Å². The summed E-state index contributed by atoms with van der Waals surface area (Å²) in [5, 5.41) is 10.3. The fourth-order valence-electron chi connectivity index (χ4n) is 3.71. The molecule has 8 heteroatoms. The van der Waals surface area contributed by atoms with E-state index in [1.165, 1.54) is 11.0 Å². The molecule has 3 rings (SSSR count). The van der Waals surface area contributed by atoms with Crippen molar-refractivity contribution in [1.29, 1.82) is 0 Å². The fourth-order valence-corrected chi connectivity index (χ4v) is 3.90. The third kappa shape index (κ3) is 5.65. The molecule has 1 aromatic carbocycles. The molecule has 1 aromatic rings. The number of fused-ring (bicyclic) bond motifs is 1. The summed E-state index contributed by atoms with van der Waals surface area (Å²) in [7, 11) is 0. The van der Waals surface area contributed by atoms with Gasteiger partial charge < -0.3 is 24.2 Å². The number of esters is 1. The number of carbonyl (C=O) groups excluding carboxylic acids is 2. The van der Waals surface area contributed by atoms with Crippen LogP contribution in [0.5, 0.6) is 5.75 Å². The van der Waals surface area contributed by atoms with E-state index in [0.717, 1.165) is 24.8 Å². The summed E-state index contributed by atoms with van der Waals surface area (Å²) < 4.78 is 16.9. The molecule has 0 aliphatic carbocycles. The monoisotopic (exact) mass is 439 g/mol. The Morgan fingerprint density at radius 2 is 2.07 bits per heavy atom. The van der Waals surface area contributed by atoms with Crippen LogP contribution >= 0.6 is 11.6 Å². The first-order valence-corrected chi connectivity index (χ1v) is 10.8. The molecule has 2 unspecified atom stereocenters. The summed E-state index contributed by atoms with van der Waals surface area (Å²) in [6.07, 6.45) is 3.39. The van der Waals surface area contributed by atoms with Crippen molar-refractivity contribution < 1.29 is 28.9 Å².